The molecular weight excluding hydrogens is 352 g/mol. The van der Waals surface area contributed by atoms with Crippen molar-refractivity contribution in [3.05, 3.63) is 24.3 Å². The molecule has 8 heteroatoms. The number of carbonyl (C=O) groups excluding carboxylic acids is 1. The Morgan fingerprint density at radius 3 is 2.38 bits per heavy atom. The van der Waals surface area contributed by atoms with Crippen LogP contribution < -0.4 is 10.1 Å². The topological polar surface area (TPSA) is 75.7 Å². The Morgan fingerprint density at radius 2 is 1.88 bits per heavy atom. The maximum atomic E-state index is 12.0. The van der Waals surface area contributed by atoms with E-state index in [1.165, 1.54) is 18.4 Å². The molecule has 0 aliphatic carbocycles. The van der Waals surface area contributed by atoms with Crippen LogP contribution in [0.1, 0.15) is 13.3 Å². The lowest BCUT2D eigenvalue weighted by Gasteiger charge is -2.21. The molecule has 0 saturated heterocycles. The van der Waals surface area contributed by atoms with E-state index < -0.39 is 9.84 Å². The van der Waals surface area contributed by atoms with Crippen LogP contribution in [0.5, 0.6) is 5.75 Å². The monoisotopic (exact) mass is 378 g/mol. The summed E-state index contributed by atoms with van der Waals surface area (Å²) in [6.07, 6.45) is 1.88. The minimum absolute atomic E-state index is 0. The van der Waals surface area contributed by atoms with Crippen molar-refractivity contribution in [1.29, 1.82) is 0 Å². The second-order valence-electron chi connectivity index (χ2n) is 5.66. The first-order valence-electron chi connectivity index (χ1n) is 7.58. The fourth-order valence-electron chi connectivity index (χ4n) is 2.15. The minimum Gasteiger partial charge on any atom is -0.494 e. The van der Waals surface area contributed by atoms with Crippen molar-refractivity contribution in [3.63, 3.8) is 0 Å². The van der Waals surface area contributed by atoms with Gasteiger partial charge in [-0.05, 0) is 37.7 Å². The first-order chi connectivity index (χ1) is 10.8. The van der Waals surface area contributed by atoms with E-state index in [4.69, 9.17) is 4.74 Å². The lowest BCUT2D eigenvalue weighted by molar-refractivity contribution is -0.133. The molecular formula is C16H27ClN2O4S. The van der Waals surface area contributed by atoms with E-state index in [-0.39, 0.29) is 29.1 Å². The Balaban J connectivity index is 0.00000529. The van der Waals surface area contributed by atoms with Gasteiger partial charge in [0.25, 0.3) is 0 Å². The average molecular weight is 379 g/mol. The number of ether oxygens (including phenoxy) is 1. The van der Waals surface area contributed by atoms with Gasteiger partial charge in [-0.25, -0.2) is 8.42 Å². The lowest BCUT2D eigenvalue weighted by Crippen LogP contribution is -2.36. The molecule has 1 unspecified atom stereocenters. The summed E-state index contributed by atoms with van der Waals surface area (Å²) in [5, 5.41) is 2.99. The van der Waals surface area contributed by atoms with Crippen molar-refractivity contribution < 1.29 is 17.9 Å². The predicted molar refractivity (Wildman–Crippen MR) is 97.6 cm³/mol. The van der Waals surface area contributed by atoms with Gasteiger partial charge in [-0.3, -0.25) is 4.79 Å². The van der Waals surface area contributed by atoms with Crippen molar-refractivity contribution in [2.24, 2.45) is 5.92 Å². The van der Waals surface area contributed by atoms with Crippen LogP contribution >= 0.6 is 12.4 Å². The van der Waals surface area contributed by atoms with Crippen LogP contribution in [-0.4, -0.2) is 59.3 Å². The first kappa shape index (κ1) is 22.7. The highest BCUT2D eigenvalue weighted by molar-refractivity contribution is 7.90. The number of hydrogen-bond acceptors (Lipinski definition) is 5. The van der Waals surface area contributed by atoms with Gasteiger partial charge in [-0.15, -0.1) is 12.4 Å². The second kappa shape index (κ2) is 10.5. The summed E-state index contributed by atoms with van der Waals surface area (Å²) in [7, 11) is 0.430. The number of hydrogen-bond donors (Lipinski definition) is 1. The smallest absolute Gasteiger partial charge is 0.226 e. The van der Waals surface area contributed by atoms with E-state index in [1.807, 2.05) is 14.0 Å². The Labute approximate surface area is 150 Å². The molecule has 0 radical (unpaired) electrons. The molecule has 0 aromatic heterocycles. The Morgan fingerprint density at radius 1 is 1.29 bits per heavy atom. The fourth-order valence-corrected chi connectivity index (χ4v) is 2.79. The maximum Gasteiger partial charge on any atom is 0.226 e. The molecule has 1 N–H and O–H groups in total. The summed E-state index contributed by atoms with van der Waals surface area (Å²) in [6.45, 7) is 3.64. The van der Waals surface area contributed by atoms with Gasteiger partial charge >= 0.3 is 0 Å². The van der Waals surface area contributed by atoms with Crippen LogP contribution in [0.3, 0.4) is 0 Å². The Hall–Kier alpha value is -1.31. The van der Waals surface area contributed by atoms with E-state index in [0.29, 0.717) is 31.9 Å². The van der Waals surface area contributed by atoms with E-state index >= 15 is 0 Å². The summed E-state index contributed by atoms with van der Waals surface area (Å²) in [6, 6.07) is 6.33. The summed E-state index contributed by atoms with van der Waals surface area (Å²) < 4.78 is 28.3. The third-order valence-corrected chi connectivity index (χ3v) is 4.60. The van der Waals surface area contributed by atoms with Crippen LogP contribution in [0, 0.1) is 5.92 Å². The molecule has 138 valence electrons. The van der Waals surface area contributed by atoms with Crippen molar-refractivity contribution in [2.75, 3.05) is 40.0 Å². The zero-order valence-corrected chi connectivity index (χ0v) is 16.2. The molecule has 0 aliphatic heterocycles. The molecule has 0 fully saturated rings. The van der Waals surface area contributed by atoms with Gasteiger partial charge in [0.1, 0.15) is 5.75 Å². The number of amides is 1. The molecule has 1 atom stereocenters. The number of rotatable bonds is 9. The molecule has 1 amide bonds. The Kier molecular flexibility index (Phi) is 9.96. The zero-order valence-electron chi connectivity index (χ0n) is 14.6. The van der Waals surface area contributed by atoms with Crippen molar-refractivity contribution >= 4 is 28.2 Å². The third-order valence-electron chi connectivity index (χ3n) is 3.47. The van der Waals surface area contributed by atoms with Crippen LogP contribution in [0.15, 0.2) is 29.2 Å². The van der Waals surface area contributed by atoms with Crippen LogP contribution in [0.25, 0.3) is 0 Å². The highest BCUT2D eigenvalue weighted by atomic mass is 35.5. The number of nitrogens with one attached hydrogen (secondary N) is 1. The molecule has 1 rings (SSSR count). The SMILES string of the molecule is CNCC(C)C(=O)N(C)CCCOc1ccc(S(C)(=O)=O)cc1.Cl. The van der Waals surface area contributed by atoms with Gasteiger partial charge in [0.2, 0.25) is 5.91 Å². The van der Waals surface area contributed by atoms with E-state index in [1.54, 1.807) is 24.1 Å². The van der Waals surface area contributed by atoms with Gasteiger partial charge < -0.3 is 15.0 Å². The maximum absolute atomic E-state index is 12.0. The van der Waals surface area contributed by atoms with E-state index in [0.717, 1.165) is 0 Å². The fraction of sp³-hybridized carbons (Fsp3) is 0.562. The van der Waals surface area contributed by atoms with Crippen LogP contribution in [0.4, 0.5) is 0 Å². The largest absolute Gasteiger partial charge is 0.494 e. The lowest BCUT2D eigenvalue weighted by atomic mass is 10.1. The Bertz CT molecular complexity index is 605. The van der Waals surface area contributed by atoms with E-state index in [2.05, 4.69) is 5.32 Å². The summed E-state index contributed by atoms with van der Waals surface area (Å²) in [4.78, 5) is 14.0. The van der Waals surface area contributed by atoms with Crippen LogP contribution in [0.2, 0.25) is 0 Å². The molecule has 0 saturated carbocycles. The van der Waals surface area contributed by atoms with Gasteiger partial charge in [0.15, 0.2) is 9.84 Å². The van der Waals surface area contributed by atoms with E-state index in [9.17, 15) is 13.2 Å². The van der Waals surface area contributed by atoms with Gasteiger partial charge in [-0.2, -0.15) is 0 Å². The average Bonchev–Trinajstić information content (AvgIpc) is 2.50. The molecule has 0 spiro atoms. The summed E-state index contributed by atoms with van der Waals surface area (Å²) >= 11 is 0. The first-order valence-corrected chi connectivity index (χ1v) is 9.47. The number of carbonyl (C=O) groups is 1. The standard InChI is InChI=1S/C16H26N2O4S.ClH/c1-13(12-17-2)16(19)18(3)10-5-11-22-14-6-8-15(9-7-14)23(4,20)21;/h6-9,13,17H,5,10-12H2,1-4H3;1H. The van der Waals surface area contributed by atoms with Crippen molar-refractivity contribution in [1.82, 2.24) is 10.2 Å². The molecule has 1 aromatic carbocycles. The molecule has 24 heavy (non-hydrogen) atoms. The molecule has 6 nitrogen and oxygen atoms in total. The molecule has 0 heterocycles. The number of sulfone groups is 1. The van der Waals surface area contributed by atoms with Crippen molar-refractivity contribution in [3.8, 4) is 5.75 Å². The van der Waals surface area contributed by atoms with Gasteiger partial charge in [-0.1, -0.05) is 6.92 Å². The zero-order chi connectivity index (χ0) is 17.5. The summed E-state index contributed by atoms with van der Waals surface area (Å²) in [5.41, 5.74) is 0. The third kappa shape index (κ3) is 7.51. The molecule has 1 aromatic rings. The number of benzene rings is 1. The predicted octanol–water partition coefficient (Wildman–Crippen LogP) is 1.59. The highest BCUT2D eigenvalue weighted by Crippen LogP contribution is 2.16. The van der Waals surface area contributed by atoms with Gasteiger partial charge in [0, 0.05) is 32.3 Å². The molecule has 0 aliphatic rings. The highest BCUT2D eigenvalue weighted by Gasteiger charge is 2.16. The summed E-state index contributed by atoms with van der Waals surface area (Å²) in [5.74, 6) is 0.682. The minimum atomic E-state index is -3.18. The quantitative estimate of drug-likeness (QED) is 0.660. The number of halogens is 1. The van der Waals surface area contributed by atoms with Crippen molar-refractivity contribution in [2.45, 2.75) is 18.2 Å². The second-order valence-corrected chi connectivity index (χ2v) is 7.68. The number of nitrogens with zero attached hydrogens (tertiary/aromatic N) is 1. The van der Waals surface area contributed by atoms with Gasteiger partial charge in [0.05, 0.1) is 11.5 Å². The molecule has 0 bridgehead atoms. The van der Waals surface area contributed by atoms with Crippen LogP contribution in [-0.2, 0) is 14.6 Å². The normalized spacial score (nSPS) is 12.2.